The second kappa shape index (κ2) is 4.45. The molecule has 2 aliphatic heterocycles. The van der Waals surface area contributed by atoms with Gasteiger partial charge in [-0.15, -0.1) is 0 Å². The first kappa shape index (κ1) is 10.8. The molecule has 1 N–H and O–H groups in total. The summed E-state index contributed by atoms with van der Waals surface area (Å²) in [5.41, 5.74) is 0. The van der Waals surface area contributed by atoms with Crippen molar-refractivity contribution in [2.24, 2.45) is 11.8 Å². The highest BCUT2D eigenvalue weighted by Gasteiger charge is 2.37. The molecule has 2 rings (SSSR count). The number of alkyl halides is 1. The molecule has 0 spiro atoms. The van der Waals surface area contributed by atoms with Gasteiger partial charge in [0.25, 0.3) is 5.91 Å². The van der Waals surface area contributed by atoms with Gasteiger partial charge in [-0.2, -0.15) is 0 Å². The van der Waals surface area contributed by atoms with E-state index in [0.717, 1.165) is 24.5 Å². The standard InChI is InChI=1S/C10H16FNO3/c11-9-3-7(8-5-15-6-8)1-2-12(9)10(14)4-13/h7-9,13H,1-6H2. The summed E-state index contributed by atoms with van der Waals surface area (Å²) in [6, 6.07) is 0. The number of hydrogen-bond acceptors (Lipinski definition) is 3. The fourth-order valence-corrected chi connectivity index (χ4v) is 2.27. The molecule has 1 amide bonds. The van der Waals surface area contributed by atoms with Gasteiger partial charge < -0.3 is 14.7 Å². The Morgan fingerprint density at radius 2 is 2.20 bits per heavy atom. The molecule has 0 aromatic rings. The van der Waals surface area contributed by atoms with E-state index in [2.05, 4.69) is 0 Å². The van der Waals surface area contributed by atoms with Crippen LogP contribution >= 0.6 is 0 Å². The van der Waals surface area contributed by atoms with Crippen molar-refractivity contribution < 1.29 is 19.0 Å². The first-order valence-corrected chi connectivity index (χ1v) is 5.34. The van der Waals surface area contributed by atoms with Gasteiger partial charge >= 0.3 is 0 Å². The first-order valence-electron chi connectivity index (χ1n) is 5.34. The van der Waals surface area contributed by atoms with E-state index in [1.54, 1.807) is 0 Å². The molecule has 0 saturated carbocycles. The van der Waals surface area contributed by atoms with E-state index in [9.17, 15) is 9.18 Å². The lowest BCUT2D eigenvalue weighted by molar-refractivity contribution is -0.147. The van der Waals surface area contributed by atoms with Crippen LogP contribution in [0.2, 0.25) is 0 Å². The van der Waals surface area contributed by atoms with Crippen LogP contribution in [0.3, 0.4) is 0 Å². The zero-order valence-corrected chi connectivity index (χ0v) is 8.56. The zero-order chi connectivity index (χ0) is 10.8. The maximum Gasteiger partial charge on any atom is 0.250 e. The predicted molar refractivity (Wildman–Crippen MR) is 50.7 cm³/mol. The Morgan fingerprint density at radius 1 is 1.47 bits per heavy atom. The smallest absolute Gasteiger partial charge is 0.250 e. The molecule has 5 heteroatoms. The number of piperidine rings is 1. The number of rotatable bonds is 2. The van der Waals surface area contributed by atoms with Gasteiger partial charge in [-0.25, -0.2) is 4.39 Å². The molecule has 2 saturated heterocycles. The lowest BCUT2D eigenvalue weighted by Gasteiger charge is -2.41. The average Bonchev–Trinajstić information content (AvgIpc) is 2.14. The summed E-state index contributed by atoms with van der Waals surface area (Å²) in [7, 11) is 0. The molecule has 15 heavy (non-hydrogen) atoms. The number of aliphatic hydroxyl groups excluding tert-OH is 1. The second-order valence-electron chi connectivity index (χ2n) is 4.26. The molecule has 2 unspecified atom stereocenters. The minimum Gasteiger partial charge on any atom is -0.387 e. The summed E-state index contributed by atoms with van der Waals surface area (Å²) in [6.45, 7) is 1.27. The second-order valence-corrected chi connectivity index (χ2v) is 4.26. The molecule has 0 aliphatic carbocycles. The van der Waals surface area contributed by atoms with Crippen LogP contribution in [-0.2, 0) is 9.53 Å². The summed E-state index contributed by atoms with van der Waals surface area (Å²) in [4.78, 5) is 12.3. The number of halogens is 1. The summed E-state index contributed by atoms with van der Waals surface area (Å²) in [5.74, 6) is 0.289. The van der Waals surface area contributed by atoms with Crippen LogP contribution in [0.25, 0.3) is 0 Å². The molecule has 2 aliphatic rings. The maximum atomic E-state index is 13.6. The summed E-state index contributed by atoms with van der Waals surface area (Å²) in [5, 5.41) is 8.66. The van der Waals surface area contributed by atoms with E-state index < -0.39 is 18.8 Å². The molecule has 2 fully saturated rings. The Balaban J connectivity index is 1.87. The van der Waals surface area contributed by atoms with Crippen LogP contribution < -0.4 is 0 Å². The Morgan fingerprint density at radius 3 is 2.67 bits per heavy atom. The van der Waals surface area contributed by atoms with Crippen molar-refractivity contribution >= 4 is 5.91 Å². The van der Waals surface area contributed by atoms with Crippen molar-refractivity contribution in [2.75, 3.05) is 26.4 Å². The van der Waals surface area contributed by atoms with Gasteiger partial charge in [-0.3, -0.25) is 4.79 Å². The van der Waals surface area contributed by atoms with Crippen LogP contribution in [0.5, 0.6) is 0 Å². The van der Waals surface area contributed by atoms with Crippen molar-refractivity contribution in [2.45, 2.75) is 19.1 Å². The average molecular weight is 217 g/mol. The van der Waals surface area contributed by atoms with Crippen molar-refractivity contribution in [3.8, 4) is 0 Å². The molecular formula is C10H16FNO3. The van der Waals surface area contributed by atoms with Crippen LogP contribution in [0.1, 0.15) is 12.8 Å². The Bertz CT molecular complexity index is 245. The molecule has 2 heterocycles. The quantitative estimate of drug-likeness (QED) is 0.670. The fourth-order valence-electron chi connectivity index (χ4n) is 2.27. The number of carbonyl (C=O) groups is 1. The van der Waals surface area contributed by atoms with E-state index in [1.807, 2.05) is 0 Å². The molecule has 0 aromatic heterocycles. The van der Waals surface area contributed by atoms with E-state index in [-0.39, 0.29) is 0 Å². The monoisotopic (exact) mass is 217 g/mol. The largest absolute Gasteiger partial charge is 0.387 e. The molecular weight excluding hydrogens is 201 g/mol. The number of carbonyl (C=O) groups excluding carboxylic acids is 1. The van der Waals surface area contributed by atoms with Gasteiger partial charge in [-0.1, -0.05) is 0 Å². The van der Waals surface area contributed by atoms with Gasteiger partial charge in [0.15, 0.2) is 6.30 Å². The van der Waals surface area contributed by atoms with Gasteiger partial charge in [0.1, 0.15) is 6.61 Å². The van der Waals surface area contributed by atoms with Crippen LogP contribution in [0.15, 0.2) is 0 Å². The number of likely N-dealkylation sites (tertiary alicyclic amines) is 1. The van der Waals surface area contributed by atoms with Gasteiger partial charge in [0, 0.05) is 18.9 Å². The highest BCUT2D eigenvalue weighted by molar-refractivity contribution is 5.77. The van der Waals surface area contributed by atoms with Gasteiger partial charge in [0.05, 0.1) is 13.2 Å². The number of hydrogen-bond donors (Lipinski definition) is 1. The number of amides is 1. The molecule has 2 atom stereocenters. The van der Waals surface area contributed by atoms with Gasteiger partial charge in [0.2, 0.25) is 0 Å². The van der Waals surface area contributed by atoms with Crippen LogP contribution in [0, 0.1) is 11.8 Å². The first-order chi connectivity index (χ1) is 7.22. The highest BCUT2D eigenvalue weighted by atomic mass is 19.1. The lowest BCUT2D eigenvalue weighted by Crippen LogP contribution is -2.48. The van der Waals surface area contributed by atoms with E-state index in [1.165, 1.54) is 0 Å². The van der Waals surface area contributed by atoms with Crippen molar-refractivity contribution in [1.82, 2.24) is 4.90 Å². The maximum absolute atomic E-state index is 13.6. The molecule has 0 aromatic carbocycles. The van der Waals surface area contributed by atoms with E-state index in [0.29, 0.717) is 24.8 Å². The summed E-state index contributed by atoms with van der Waals surface area (Å²) < 4.78 is 18.7. The minimum atomic E-state index is -1.23. The SMILES string of the molecule is O=C(CO)N1CCC(C2COC2)CC1F. The van der Waals surface area contributed by atoms with Crippen molar-refractivity contribution in [3.05, 3.63) is 0 Å². The fraction of sp³-hybridized carbons (Fsp3) is 0.900. The molecule has 0 radical (unpaired) electrons. The van der Waals surface area contributed by atoms with Crippen LogP contribution in [0.4, 0.5) is 4.39 Å². The number of nitrogens with zero attached hydrogens (tertiary/aromatic N) is 1. The third-order valence-electron chi connectivity index (χ3n) is 3.36. The lowest BCUT2D eigenvalue weighted by atomic mass is 9.82. The molecule has 0 bridgehead atoms. The van der Waals surface area contributed by atoms with Crippen LogP contribution in [-0.4, -0.2) is 48.6 Å². The van der Waals surface area contributed by atoms with Gasteiger partial charge in [-0.05, 0) is 12.3 Å². The third kappa shape index (κ3) is 2.13. The van der Waals surface area contributed by atoms with Crippen molar-refractivity contribution in [1.29, 1.82) is 0 Å². The number of ether oxygens (including phenoxy) is 1. The van der Waals surface area contributed by atoms with E-state index >= 15 is 0 Å². The molecule has 4 nitrogen and oxygen atoms in total. The summed E-state index contributed by atoms with van der Waals surface area (Å²) in [6.07, 6.45) is -0.0241. The minimum absolute atomic E-state index is 0.330. The van der Waals surface area contributed by atoms with E-state index in [4.69, 9.17) is 9.84 Å². The normalized spacial score (nSPS) is 32.5. The Kier molecular flexibility index (Phi) is 3.21. The Hall–Kier alpha value is -0.680. The molecule has 86 valence electrons. The Labute approximate surface area is 88.0 Å². The highest BCUT2D eigenvalue weighted by Crippen LogP contribution is 2.33. The summed E-state index contributed by atoms with van der Waals surface area (Å²) >= 11 is 0. The topological polar surface area (TPSA) is 49.8 Å². The van der Waals surface area contributed by atoms with Crippen molar-refractivity contribution in [3.63, 3.8) is 0 Å². The number of aliphatic hydroxyl groups is 1. The third-order valence-corrected chi connectivity index (χ3v) is 3.36. The zero-order valence-electron chi connectivity index (χ0n) is 8.56. The predicted octanol–water partition coefficient (Wildman–Crippen LogP) is 0.159.